The van der Waals surface area contributed by atoms with E-state index < -0.39 is 0 Å². The highest BCUT2D eigenvalue weighted by Gasteiger charge is 2.25. The van der Waals surface area contributed by atoms with Crippen molar-refractivity contribution in [3.8, 4) is 0 Å². The van der Waals surface area contributed by atoms with Crippen LogP contribution >= 0.6 is 12.6 Å². The Kier molecular flexibility index (Phi) is 5.73. The molecule has 0 heterocycles. The van der Waals surface area contributed by atoms with Gasteiger partial charge in [0.15, 0.2) is 0 Å². The van der Waals surface area contributed by atoms with Crippen molar-refractivity contribution < 1.29 is 4.79 Å². The molecule has 0 fully saturated rings. The zero-order valence-electron chi connectivity index (χ0n) is 11.4. The zero-order valence-corrected chi connectivity index (χ0v) is 12.3. The van der Waals surface area contributed by atoms with E-state index in [-0.39, 0.29) is 16.7 Å². The SMILES string of the molecule is CCC(C)(CC)NC(=O)C(S)Cc1ccccc1. The fourth-order valence-corrected chi connectivity index (χ4v) is 2.01. The van der Waals surface area contributed by atoms with Crippen LogP contribution in [0.1, 0.15) is 39.2 Å². The number of hydrogen-bond acceptors (Lipinski definition) is 2. The largest absolute Gasteiger partial charge is 0.350 e. The van der Waals surface area contributed by atoms with Crippen molar-refractivity contribution in [2.24, 2.45) is 0 Å². The van der Waals surface area contributed by atoms with Crippen LogP contribution in [0.25, 0.3) is 0 Å². The molecule has 3 heteroatoms. The number of nitrogens with one attached hydrogen (secondary N) is 1. The van der Waals surface area contributed by atoms with E-state index in [1.807, 2.05) is 30.3 Å². The van der Waals surface area contributed by atoms with E-state index in [0.29, 0.717) is 6.42 Å². The molecule has 1 unspecified atom stereocenters. The quantitative estimate of drug-likeness (QED) is 0.760. The molecule has 100 valence electrons. The van der Waals surface area contributed by atoms with E-state index in [4.69, 9.17) is 0 Å². The van der Waals surface area contributed by atoms with Gasteiger partial charge in [-0.3, -0.25) is 4.79 Å². The summed E-state index contributed by atoms with van der Waals surface area (Å²) in [5.74, 6) is 0.0217. The lowest BCUT2D eigenvalue weighted by atomic mass is 9.95. The molecule has 0 aliphatic heterocycles. The first-order valence-corrected chi connectivity index (χ1v) is 7.06. The molecule has 0 spiro atoms. The first-order chi connectivity index (χ1) is 8.50. The Morgan fingerprint density at radius 2 is 1.83 bits per heavy atom. The average Bonchev–Trinajstić information content (AvgIpc) is 2.39. The van der Waals surface area contributed by atoms with Crippen LogP contribution in [-0.2, 0) is 11.2 Å². The first kappa shape index (κ1) is 15.1. The van der Waals surface area contributed by atoms with Gasteiger partial charge < -0.3 is 5.32 Å². The Bertz CT molecular complexity index is 373. The van der Waals surface area contributed by atoms with E-state index in [2.05, 4.69) is 38.7 Å². The van der Waals surface area contributed by atoms with Crippen LogP contribution in [0.5, 0.6) is 0 Å². The van der Waals surface area contributed by atoms with Crippen LogP contribution in [0, 0.1) is 0 Å². The lowest BCUT2D eigenvalue weighted by molar-refractivity contribution is -0.122. The van der Waals surface area contributed by atoms with Crippen molar-refractivity contribution in [2.75, 3.05) is 0 Å². The molecule has 0 saturated carbocycles. The van der Waals surface area contributed by atoms with Crippen molar-refractivity contribution in [1.82, 2.24) is 5.32 Å². The summed E-state index contributed by atoms with van der Waals surface area (Å²) in [5.41, 5.74) is 1.02. The fraction of sp³-hybridized carbons (Fsp3) is 0.533. The molecule has 1 atom stereocenters. The molecule has 0 bridgehead atoms. The molecule has 0 aliphatic rings. The second-order valence-electron chi connectivity index (χ2n) is 4.96. The Morgan fingerprint density at radius 1 is 1.28 bits per heavy atom. The number of hydrogen-bond donors (Lipinski definition) is 2. The minimum atomic E-state index is -0.287. The summed E-state index contributed by atoms with van der Waals surface area (Å²) in [6.07, 6.45) is 2.53. The van der Waals surface area contributed by atoms with Crippen LogP contribution in [0.15, 0.2) is 30.3 Å². The smallest absolute Gasteiger partial charge is 0.233 e. The fourth-order valence-electron chi connectivity index (χ4n) is 1.74. The van der Waals surface area contributed by atoms with Crippen LogP contribution in [0.4, 0.5) is 0 Å². The van der Waals surface area contributed by atoms with Crippen LogP contribution in [0.3, 0.4) is 0 Å². The summed E-state index contributed by atoms with van der Waals surface area (Å²) >= 11 is 4.41. The number of amides is 1. The third-order valence-corrected chi connectivity index (χ3v) is 3.98. The van der Waals surface area contributed by atoms with E-state index in [9.17, 15) is 4.79 Å². The van der Waals surface area contributed by atoms with Gasteiger partial charge in [-0.2, -0.15) is 12.6 Å². The average molecular weight is 265 g/mol. The van der Waals surface area contributed by atoms with E-state index >= 15 is 0 Å². The summed E-state index contributed by atoms with van der Waals surface area (Å²) < 4.78 is 0. The van der Waals surface area contributed by atoms with Gasteiger partial charge in [0.25, 0.3) is 0 Å². The lowest BCUT2D eigenvalue weighted by Gasteiger charge is -2.29. The predicted molar refractivity (Wildman–Crippen MR) is 80.0 cm³/mol. The summed E-state index contributed by atoms with van der Waals surface area (Å²) in [6.45, 7) is 6.26. The van der Waals surface area contributed by atoms with Gasteiger partial charge in [0.2, 0.25) is 5.91 Å². The zero-order chi connectivity index (χ0) is 13.6. The summed E-state index contributed by atoms with van der Waals surface area (Å²) in [7, 11) is 0. The maximum absolute atomic E-state index is 12.1. The molecule has 0 aliphatic carbocycles. The maximum Gasteiger partial charge on any atom is 0.233 e. The van der Waals surface area contributed by atoms with Crippen molar-refractivity contribution in [3.05, 3.63) is 35.9 Å². The Hall–Kier alpha value is -0.960. The topological polar surface area (TPSA) is 29.1 Å². The number of carbonyl (C=O) groups is 1. The van der Waals surface area contributed by atoms with Gasteiger partial charge in [-0.1, -0.05) is 44.2 Å². The molecular formula is C15H23NOS. The molecule has 0 saturated heterocycles. The second-order valence-corrected chi connectivity index (χ2v) is 5.59. The highest BCUT2D eigenvalue weighted by molar-refractivity contribution is 7.81. The minimum absolute atomic E-state index is 0.0217. The van der Waals surface area contributed by atoms with Crippen molar-refractivity contribution in [3.63, 3.8) is 0 Å². The number of carbonyl (C=O) groups excluding carboxylic acids is 1. The third kappa shape index (κ3) is 4.37. The molecule has 2 nitrogen and oxygen atoms in total. The van der Waals surface area contributed by atoms with Crippen LogP contribution < -0.4 is 5.32 Å². The normalized spacial score (nSPS) is 13.1. The first-order valence-electron chi connectivity index (χ1n) is 6.54. The maximum atomic E-state index is 12.1. The second kappa shape index (κ2) is 6.83. The summed E-state index contributed by atoms with van der Waals surface area (Å²) in [5, 5.41) is 2.81. The van der Waals surface area contributed by atoms with Gasteiger partial charge >= 0.3 is 0 Å². The number of benzene rings is 1. The molecule has 1 rings (SSSR count). The molecule has 1 aromatic carbocycles. The van der Waals surface area contributed by atoms with Gasteiger partial charge in [-0.05, 0) is 31.7 Å². The van der Waals surface area contributed by atoms with Crippen molar-refractivity contribution >= 4 is 18.5 Å². The van der Waals surface area contributed by atoms with E-state index in [0.717, 1.165) is 18.4 Å². The predicted octanol–water partition coefficient (Wildman–Crippen LogP) is 3.22. The highest BCUT2D eigenvalue weighted by atomic mass is 32.1. The molecule has 1 aromatic rings. The molecule has 18 heavy (non-hydrogen) atoms. The molecule has 0 radical (unpaired) electrons. The standard InChI is InChI=1S/C15H23NOS/c1-4-15(3,5-2)16-14(17)13(18)11-12-9-7-6-8-10-12/h6-10,13,18H,4-5,11H2,1-3H3,(H,16,17). The third-order valence-electron chi connectivity index (χ3n) is 3.56. The van der Waals surface area contributed by atoms with Crippen LogP contribution in [-0.4, -0.2) is 16.7 Å². The highest BCUT2D eigenvalue weighted by Crippen LogP contribution is 2.15. The number of thiol groups is 1. The molecule has 1 amide bonds. The summed E-state index contributed by atoms with van der Waals surface area (Å²) in [4.78, 5) is 12.1. The molecule has 0 aromatic heterocycles. The van der Waals surface area contributed by atoms with Gasteiger partial charge in [0.1, 0.15) is 0 Å². The van der Waals surface area contributed by atoms with E-state index in [1.54, 1.807) is 0 Å². The number of rotatable bonds is 6. The van der Waals surface area contributed by atoms with Crippen molar-refractivity contribution in [1.29, 1.82) is 0 Å². The molecule has 1 N–H and O–H groups in total. The van der Waals surface area contributed by atoms with Gasteiger partial charge in [-0.15, -0.1) is 0 Å². The Balaban J connectivity index is 2.57. The van der Waals surface area contributed by atoms with Gasteiger partial charge in [0.05, 0.1) is 5.25 Å². The van der Waals surface area contributed by atoms with Gasteiger partial charge in [0, 0.05) is 5.54 Å². The monoisotopic (exact) mass is 265 g/mol. The van der Waals surface area contributed by atoms with Crippen molar-refractivity contribution in [2.45, 2.75) is 50.8 Å². The Morgan fingerprint density at radius 3 is 2.33 bits per heavy atom. The van der Waals surface area contributed by atoms with Gasteiger partial charge in [-0.25, -0.2) is 0 Å². The summed E-state index contributed by atoms with van der Waals surface area (Å²) in [6, 6.07) is 9.99. The Labute approximate surface area is 116 Å². The van der Waals surface area contributed by atoms with E-state index in [1.165, 1.54) is 0 Å². The lowest BCUT2D eigenvalue weighted by Crippen LogP contribution is -2.48. The molecular weight excluding hydrogens is 242 g/mol. The minimum Gasteiger partial charge on any atom is -0.350 e. The van der Waals surface area contributed by atoms with Crippen LogP contribution in [0.2, 0.25) is 0 Å².